The molecule has 1 aliphatic rings. The second-order valence-electron chi connectivity index (χ2n) is 6.52. The van der Waals surface area contributed by atoms with Gasteiger partial charge in [0, 0.05) is 41.4 Å². The molecule has 0 atom stereocenters. The number of aromatic amines is 1. The molecule has 28 heavy (non-hydrogen) atoms. The van der Waals surface area contributed by atoms with Crippen molar-refractivity contribution in [2.24, 2.45) is 0 Å². The molecule has 2 heterocycles. The molecule has 1 saturated heterocycles. The van der Waals surface area contributed by atoms with E-state index < -0.39 is 5.91 Å². The quantitative estimate of drug-likeness (QED) is 0.732. The zero-order valence-electron chi connectivity index (χ0n) is 15.1. The molecule has 0 aliphatic carbocycles. The third-order valence-corrected chi connectivity index (χ3v) is 4.70. The van der Waals surface area contributed by atoms with Crippen LogP contribution in [-0.4, -0.2) is 48.0 Å². The van der Waals surface area contributed by atoms with Gasteiger partial charge in [0.2, 0.25) is 5.43 Å². The molecule has 0 unspecified atom stereocenters. The summed E-state index contributed by atoms with van der Waals surface area (Å²) in [5.74, 6) is -0.633. The molecule has 7 nitrogen and oxygen atoms in total. The molecule has 2 aromatic carbocycles. The Labute approximate surface area is 160 Å². The van der Waals surface area contributed by atoms with Crippen LogP contribution in [0.3, 0.4) is 0 Å². The van der Waals surface area contributed by atoms with E-state index in [1.165, 1.54) is 6.20 Å². The highest BCUT2D eigenvalue weighted by atomic mass is 16.5. The molecule has 7 heteroatoms. The zero-order valence-corrected chi connectivity index (χ0v) is 15.1. The lowest BCUT2D eigenvalue weighted by molar-refractivity contribution is 0.0303. The average Bonchev–Trinajstić information content (AvgIpc) is 2.74. The number of carbonyl (C=O) groups is 2. The number of para-hydroxylation sites is 1. The lowest BCUT2D eigenvalue weighted by Crippen LogP contribution is -2.40. The fraction of sp³-hybridized carbons (Fsp3) is 0.190. The number of anilines is 1. The van der Waals surface area contributed by atoms with Crippen LogP contribution in [0.15, 0.2) is 59.5 Å². The molecule has 1 aliphatic heterocycles. The summed E-state index contributed by atoms with van der Waals surface area (Å²) in [6.45, 7) is 2.13. The summed E-state index contributed by atoms with van der Waals surface area (Å²) in [6.07, 6.45) is 1.41. The fourth-order valence-electron chi connectivity index (χ4n) is 3.21. The Balaban J connectivity index is 1.56. The lowest BCUT2D eigenvalue weighted by atomic mass is 10.1. The highest BCUT2D eigenvalue weighted by molar-refractivity contribution is 6.06. The van der Waals surface area contributed by atoms with Crippen molar-refractivity contribution in [3.8, 4) is 0 Å². The molecule has 0 radical (unpaired) electrons. The first kappa shape index (κ1) is 17.9. The number of fused-ring (bicyclic) bond motifs is 1. The number of nitrogens with one attached hydrogen (secondary N) is 2. The van der Waals surface area contributed by atoms with E-state index in [0.29, 0.717) is 48.5 Å². The predicted molar refractivity (Wildman–Crippen MR) is 106 cm³/mol. The highest BCUT2D eigenvalue weighted by Crippen LogP contribution is 2.15. The normalized spacial score (nSPS) is 14.1. The Hall–Kier alpha value is -3.45. The van der Waals surface area contributed by atoms with Gasteiger partial charge in [-0.1, -0.05) is 18.2 Å². The van der Waals surface area contributed by atoms with Crippen LogP contribution in [0.4, 0.5) is 5.69 Å². The maximum absolute atomic E-state index is 12.6. The first-order chi connectivity index (χ1) is 13.6. The van der Waals surface area contributed by atoms with E-state index in [0.717, 1.165) is 0 Å². The van der Waals surface area contributed by atoms with Crippen LogP contribution >= 0.6 is 0 Å². The van der Waals surface area contributed by atoms with Gasteiger partial charge in [-0.2, -0.15) is 0 Å². The minimum atomic E-state index is -0.525. The van der Waals surface area contributed by atoms with E-state index in [-0.39, 0.29) is 16.9 Å². The van der Waals surface area contributed by atoms with Crippen LogP contribution in [0.2, 0.25) is 0 Å². The van der Waals surface area contributed by atoms with Crippen molar-refractivity contribution in [1.82, 2.24) is 9.88 Å². The number of amides is 2. The van der Waals surface area contributed by atoms with Crippen molar-refractivity contribution < 1.29 is 14.3 Å². The number of ether oxygens (including phenoxy) is 1. The molecule has 0 spiro atoms. The maximum atomic E-state index is 12.6. The number of nitrogens with zero attached hydrogens (tertiary/aromatic N) is 1. The smallest absolute Gasteiger partial charge is 0.261 e. The van der Waals surface area contributed by atoms with Gasteiger partial charge in [-0.05, 0) is 30.3 Å². The fourth-order valence-corrected chi connectivity index (χ4v) is 3.21. The van der Waals surface area contributed by atoms with E-state index in [1.54, 1.807) is 47.4 Å². The highest BCUT2D eigenvalue weighted by Gasteiger charge is 2.19. The summed E-state index contributed by atoms with van der Waals surface area (Å²) in [7, 11) is 0. The second kappa shape index (κ2) is 7.66. The van der Waals surface area contributed by atoms with Crippen molar-refractivity contribution in [3.05, 3.63) is 76.1 Å². The molecule has 0 saturated carbocycles. The number of morpholine rings is 1. The summed E-state index contributed by atoms with van der Waals surface area (Å²) in [5, 5.41) is 3.16. The minimum absolute atomic E-state index is 0.0172. The number of aromatic nitrogens is 1. The second-order valence-corrected chi connectivity index (χ2v) is 6.52. The van der Waals surface area contributed by atoms with Gasteiger partial charge in [0.15, 0.2) is 0 Å². The zero-order chi connectivity index (χ0) is 19.5. The third kappa shape index (κ3) is 3.52. The summed E-state index contributed by atoms with van der Waals surface area (Å²) in [4.78, 5) is 42.5. The Bertz CT molecular complexity index is 1100. The number of rotatable bonds is 3. The first-order valence-electron chi connectivity index (χ1n) is 9.02. The van der Waals surface area contributed by atoms with Crippen LogP contribution in [0.5, 0.6) is 0 Å². The Morgan fingerprint density at radius 2 is 1.82 bits per heavy atom. The van der Waals surface area contributed by atoms with Gasteiger partial charge in [-0.25, -0.2) is 0 Å². The molecule has 2 N–H and O–H groups in total. The van der Waals surface area contributed by atoms with Gasteiger partial charge >= 0.3 is 0 Å². The van der Waals surface area contributed by atoms with Gasteiger partial charge in [-0.3, -0.25) is 14.4 Å². The van der Waals surface area contributed by atoms with E-state index in [9.17, 15) is 14.4 Å². The SMILES string of the molecule is O=C(Nc1cccc(C(=O)N2CCOCC2)c1)c1c[nH]c2ccccc2c1=O. The molecule has 4 rings (SSSR count). The van der Waals surface area contributed by atoms with E-state index >= 15 is 0 Å². The number of hydrogen-bond acceptors (Lipinski definition) is 4. The number of carbonyl (C=O) groups excluding carboxylic acids is 2. The van der Waals surface area contributed by atoms with Crippen molar-refractivity contribution >= 4 is 28.4 Å². The monoisotopic (exact) mass is 377 g/mol. The summed E-state index contributed by atoms with van der Waals surface area (Å²) in [5.41, 5.74) is 1.28. The van der Waals surface area contributed by atoms with E-state index in [4.69, 9.17) is 4.74 Å². The number of benzene rings is 2. The van der Waals surface area contributed by atoms with Crippen molar-refractivity contribution in [1.29, 1.82) is 0 Å². The van der Waals surface area contributed by atoms with Crippen LogP contribution in [0.1, 0.15) is 20.7 Å². The summed E-state index contributed by atoms with van der Waals surface area (Å²) in [6, 6.07) is 13.7. The molecule has 1 aromatic heterocycles. The number of pyridine rings is 1. The van der Waals surface area contributed by atoms with Gasteiger partial charge in [0.1, 0.15) is 5.56 Å². The van der Waals surface area contributed by atoms with Crippen molar-refractivity contribution in [2.75, 3.05) is 31.6 Å². The minimum Gasteiger partial charge on any atom is -0.378 e. The summed E-state index contributed by atoms with van der Waals surface area (Å²) < 4.78 is 5.27. The molecule has 1 fully saturated rings. The van der Waals surface area contributed by atoms with Gasteiger partial charge in [0.25, 0.3) is 11.8 Å². The topological polar surface area (TPSA) is 91.5 Å². The lowest BCUT2D eigenvalue weighted by Gasteiger charge is -2.27. The largest absolute Gasteiger partial charge is 0.378 e. The van der Waals surface area contributed by atoms with Crippen molar-refractivity contribution in [3.63, 3.8) is 0 Å². The molecular formula is C21H19N3O4. The number of hydrogen-bond donors (Lipinski definition) is 2. The predicted octanol–water partition coefficient (Wildman–Crippen LogP) is 2.25. The average molecular weight is 377 g/mol. The van der Waals surface area contributed by atoms with Crippen LogP contribution in [-0.2, 0) is 4.74 Å². The third-order valence-electron chi connectivity index (χ3n) is 4.70. The van der Waals surface area contributed by atoms with Crippen LogP contribution in [0, 0.1) is 0 Å². The molecular weight excluding hydrogens is 358 g/mol. The van der Waals surface area contributed by atoms with E-state index in [1.807, 2.05) is 6.07 Å². The molecule has 2 amide bonds. The van der Waals surface area contributed by atoms with Crippen molar-refractivity contribution in [2.45, 2.75) is 0 Å². The van der Waals surface area contributed by atoms with Gasteiger partial charge in [-0.15, -0.1) is 0 Å². The Morgan fingerprint density at radius 3 is 2.64 bits per heavy atom. The first-order valence-corrected chi connectivity index (χ1v) is 9.02. The molecule has 142 valence electrons. The van der Waals surface area contributed by atoms with Crippen LogP contribution < -0.4 is 10.7 Å². The maximum Gasteiger partial charge on any atom is 0.261 e. The summed E-state index contributed by atoms with van der Waals surface area (Å²) >= 11 is 0. The van der Waals surface area contributed by atoms with Gasteiger partial charge in [0.05, 0.1) is 13.2 Å². The molecule has 3 aromatic rings. The van der Waals surface area contributed by atoms with Gasteiger partial charge < -0.3 is 19.9 Å². The standard InChI is InChI=1S/C21H19N3O4/c25-19-16-6-1-2-7-18(16)22-13-17(19)20(26)23-15-5-3-4-14(12-15)21(27)24-8-10-28-11-9-24/h1-7,12-13H,8-11H2,(H,22,25)(H,23,26). The Morgan fingerprint density at radius 1 is 1.04 bits per heavy atom. The molecule has 0 bridgehead atoms. The number of H-pyrrole nitrogens is 1. The Kier molecular flexibility index (Phi) is 4.90. The van der Waals surface area contributed by atoms with E-state index in [2.05, 4.69) is 10.3 Å². The van der Waals surface area contributed by atoms with Crippen LogP contribution in [0.25, 0.3) is 10.9 Å².